The number of anilines is 2. The van der Waals surface area contributed by atoms with Crippen LogP contribution in [0.25, 0.3) is 5.69 Å². The summed E-state index contributed by atoms with van der Waals surface area (Å²) in [6.07, 6.45) is 3.63. The first-order valence-corrected chi connectivity index (χ1v) is 13.0. The minimum atomic E-state index is -0.779. The molecule has 1 aliphatic carbocycles. The van der Waals surface area contributed by atoms with E-state index in [9.17, 15) is 13.6 Å². The molecule has 0 amide bonds. The van der Waals surface area contributed by atoms with Gasteiger partial charge in [-0.1, -0.05) is 19.1 Å². The van der Waals surface area contributed by atoms with Crippen LogP contribution in [0.3, 0.4) is 0 Å². The molecule has 37 heavy (non-hydrogen) atoms. The van der Waals surface area contributed by atoms with Crippen molar-refractivity contribution in [3.63, 3.8) is 0 Å². The fourth-order valence-corrected chi connectivity index (χ4v) is 4.93. The molecule has 1 aromatic heterocycles. The van der Waals surface area contributed by atoms with E-state index >= 15 is 0 Å². The van der Waals surface area contributed by atoms with Gasteiger partial charge in [0.15, 0.2) is 0 Å². The van der Waals surface area contributed by atoms with Crippen molar-refractivity contribution in [3.05, 3.63) is 76.2 Å². The van der Waals surface area contributed by atoms with E-state index in [1.54, 1.807) is 18.3 Å². The molecule has 8 nitrogen and oxygen atoms in total. The van der Waals surface area contributed by atoms with Gasteiger partial charge in [0, 0.05) is 62.0 Å². The van der Waals surface area contributed by atoms with Crippen LogP contribution >= 0.6 is 12.1 Å². The van der Waals surface area contributed by atoms with Gasteiger partial charge in [-0.3, -0.25) is 4.79 Å². The van der Waals surface area contributed by atoms with E-state index in [-0.39, 0.29) is 16.9 Å². The van der Waals surface area contributed by atoms with E-state index < -0.39 is 17.2 Å². The molecule has 3 N–H and O–H groups in total. The van der Waals surface area contributed by atoms with Crippen LogP contribution in [0, 0.1) is 17.0 Å². The van der Waals surface area contributed by atoms with Gasteiger partial charge in [0.2, 0.25) is 5.75 Å². The minimum Gasteiger partial charge on any atom is -0.486 e. The number of hydrogen-bond donors (Lipinski definition) is 2. The molecule has 1 aliphatic heterocycles. The Morgan fingerprint density at radius 1 is 1.11 bits per heavy atom. The lowest BCUT2D eigenvalue weighted by atomic mass is 10.2. The largest absolute Gasteiger partial charge is 0.486 e. The smallest absolute Gasteiger partial charge is 0.316 e. The van der Waals surface area contributed by atoms with E-state index in [1.807, 2.05) is 24.3 Å². The molecule has 2 aliphatic rings. The number of ether oxygens (including phenoxy) is 1. The van der Waals surface area contributed by atoms with Crippen molar-refractivity contribution in [1.29, 1.82) is 0 Å². The van der Waals surface area contributed by atoms with Gasteiger partial charge in [0.25, 0.3) is 0 Å². The first kappa shape index (κ1) is 25.5. The summed E-state index contributed by atoms with van der Waals surface area (Å²) in [5.41, 5.74) is 7.83. The number of nitrogens with two attached hydrogens (primary N) is 1. The Morgan fingerprint density at radius 2 is 1.84 bits per heavy atom. The maximum absolute atomic E-state index is 13.8. The van der Waals surface area contributed by atoms with Crippen molar-refractivity contribution in [2.45, 2.75) is 26.3 Å². The first-order valence-electron chi connectivity index (χ1n) is 12.3. The molecule has 1 saturated heterocycles. The number of benzene rings is 2. The van der Waals surface area contributed by atoms with E-state index in [0.29, 0.717) is 31.9 Å². The normalized spacial score (nSPS) is 17.1. The van der Waals surface area contributed by atoms with Crippen molar-refractivity contribution >= 4 is 23.5 Å². The van der Waals surface area contributed by atoms with Crippen LogP contribution in [0.15, 0.2) is 53.5 Å². The zero-order valence-corrected chi connectivity index (χ0v) is 21.4. The highest BCUT2D eigenvalue weighted by molar-refractivity contribution is 7.95. The second-order valence-electron chi connectivity index (χ2n) is 9.88. The number of rotatable bonds is 9. The predicted octanol–water partition coefficient (Wildman–Crippen LogP) is 3.75. The standard InChI is InChI=1S/C26H30F2N6O2S/c1-26(5-6-26)17-36-24-23(16-30-34(25(24)35)22-13-19(27)12-20(28)14-22)32-7-9-33(10-8-32)37-31-15-18-3-2-4-21(29)11-18/h2-4,11-14,16,31H,5-10,15,17,29H2,1H3. The van der Waals surface area contributed by atoms with Crippen LogP contribution in [0.4, 0.5) is 20.2 Å². The third-order valence-electron chi connectivity index (χ3n) is 6.68. The van der Waals surface area contributed by atoms with Crippen molar-refractivity contribution in [3.8, 4) is 11.4 Å². The van der Waals surface area contributed by atoms with E-state index in [4.69, 9.17) is 10.5 Å². The Bertz CT molecular complexity index is 1300. The summed E-state index contributed by atoms with van der Waals surface area (Å²) < 4.78 is 40.3. The Morgan fingerprint density at radius 3 is 2.51 bits per heavy atom. The summed E-state index contributed by atoms with van der Waals surface area (Å²) in [5.74, 6) is -1.40. The number of nitrogens with one attached hydrogen (secondary N) is 1. The van der Waals surface area contributed by atoms with Gasteiger partial charge in [-0.2, -0.15) is 9.78 Å². The SMILES string of the molecule is CC1(COc2c(N3CCN(SNCc4cccc(N)c4)CC3)cnn(-c3cc(F)cc(F)c3)c2=O)CC1. The molecule has 1 saturated carbocycles. The highest BCUT2D eigenvalue weighted by atomic mass is 32.2. The van der Waals surface area contributed by atoms with Gasteiger partial charge in [0.05, 0.1) is 18.5 Å². The zero-order chi connectivity index (χ0) is 26.0. The highest BCUT2D eigenvalue weighted by Gasteiger charge is 2.39. The predicted molar refractivity (Wildman–Crippen MR) is 142 cm³/mol. The molecule has 0 atom stereocenters. The lowest BCUT2D eigenvalue weighted by Gasteiger charge is -2.35. The Kier molecular flexibility index (Phi) is 7.36. The van der Waals surface area contributed by atoms with E-state index in [2.05, 4.69) is 25.9 Å². The van der Waals surface area contributed by atoms with E-state index in [0.717, 1.165) is 60.1 Å². The number of nitrogens with zero attached hydrogens (tertiary/aromatic N) is 4. The van der Waals surface area contributed by atoms with Gasteiger partial charge in [-0.25, -0.2) is 17.8 Å². The number of nitrogen functional groups attached to an aromatic ring is 1. The summed E-state index contributed by atoms with van der Waals surface area (Å²) in [6, 6.07) is 10.7. The van der Waals surface area contributed by atoms with Gasteiger partial charge in [0.1, 0.15) is 17.3 Å². The lowest BCUT2D eigenvalue weighted by molar-refractivity contribution is 0.242. The summed E-state index contributed by atoms with van der Waals surface area (Å²) in [7, 11) is 0. The van der Waals surface area contributed by atoms with Crippen LogP contribution in [0.1, 0.15) is 25.3 Å². The molecular weight excluding hydrogens is 498 g/mol. The molecule has 2 fully saturated rings. The Hall–Kier alpha value is -3.15. The molecule has 11 heteroatoms. The third-order valence-corrected chi connectivity index (χ3v) is 7.57. The number of halogens is 2. The maximum atomic E-state index is 13.8. The number of aromatic nitrogens is 2. The maximum Gasteiger partial charge on any atom is 0.316 e. The van der Waals surface area contributed by atoms with Crippen molar-refractivity contribution in [2.75, 3.05) is 43.4 Å². The summed E-state index contributed by atoms with van der Waals surface area (Å²) in [4.78, 5) is 15.5. The zero-order valence-electron chi connectivity index (χ0n) is 20.6. The summed E-state index contributed by atoms with van der Waals surface area (Å²) in [5, 5.41) is 4.24. The first-order chi connectivity index (χ1) is 17.8. The molecule has 0 spiro atoms. The molecule has 5 rings (SSSR count). The van der Waals surface area contributed by atoms with Gasteiger partial charge in [-0.15, -0.1) is 0 Å². The molecule has 0 unspecified atom stereocenters. The summed E-state index contributed by atoms with van der Waals surface area (Å²) >= 11 is 1.56. The topological polar surface area (TPSA) is 88.7 Å². The average molecular weight is 529 g/mol. The Balaban J connectivity index is 1.29. The monoisotopic (exact) mass is 528 g/mol. The quantitative estimate of drug-likeness (QED) is 0.321. The minimum absolute atomic E-state index is 0.0176. The molecule has 3 aromatic rings. The number of hydrogen-bond acceptors (Lipinski definition) is 8. The van der Waals surface area contributed by atoms with Crippen LogP contribution in [0.5, 0.6) is 5.75 Å². The Labute approximate surface area is 218 Å². The average Bonchev–Trinajstić information content (AvgIpc) is 3.60. The molecular formula is C26H30F2N6O2S. The fourth-order valence-electron chi connectivity index (χ4n) is 4.17. The van der Waals surface area contributed by atoms with Crippen molar-refractivity contribution in [1.82, 2.24) is 18.8 Å². The highest BCUT2D eigenvalue weighted by Crippen LogP contribution is 2.45. The van der Waals surface area contributed by atoms with Gasteiger partial charge >= 0.3 is 5.56 Å². The fraction of sp³-hybridized carbons (Fsp3) is 0.385. The van der Waals surface area contributed by atoms with Crippen molar-refractivity contribution < 1.29 is 13.5 Å². The van der Waals surface area contributed by atoms with Crippen LogP contribution in [-0.2, 0) is 6.54 Å². The van der Waals surface area contributed by atoms with Crippen LogP contribution < -0.4 is 25.7 Å². The summed E-state index contributed by atoms with van der Waals surface area (Å²) in [6.45, 7) is 6.05. The lowest BCUT2D eigenvalue weighted by Crippen LogP contribution is -2.45. The second-order valence-corrected chi connectivity index (χ2v) is 10.9. The molecule has 2 aromatic carbocycles. The molecule has 196 valence electrons. The third kappa shape index (κ3) is 6.23. The van der Waals surface area contributed by atoms with Gasteiger partial charge < -0.3 is 15.4 Å². The van der Waals surface area contributed by atoms with Crippen LogP contribution in [0.2, 0.25) is 0 Å². The second kappa shape index (κ2) is 10.7. The van der Waals surface area contributed by atoms with Crippen LogP contribution in [-0.4, -0.2) is 46.9 Å². The molecule has 0 bridgehead atoms. The number of piperazine rings is 1. The van der Waals surface area contributed by atoms with E-state index in [1.165, 1.54) is 0 Å². The molecule has 2 heterocycles. The van der Waals surface area contributed by atoms with Gasteiger partial charge in [-0.05, 0) is 42.7 Å². The molecule has 0 radical (unpaired) electrons. The van der Waals surface area contributed by atoms with Crippen molar-refractivity contribution in [2.24, 2.45) is 5.41 Å².